The van der Waals surface area contributed by atoms with Gasteiger partial charge in [0, 0.05) is 18.8 Å². The van der Waals surface area contributed by atoms with Crippen LogP contribution in [0.15, 0.2) is 24.3 Å². The molecule has 0 radical (unpaired) electrons. The van der Waals surface area contributed by atoms with Crippen LogP contribution in [0.5, 0.6) is 0 Å². The predicted molar refractivity (Wildman–Crippen MR) is 98.4 cm³/mol. The van der Waals surface area contributed by atoms with E-state index in [0.29, 0.717) is 25.2 Å². The summed E-state index contributed by atoms with van der Waals surface area (Å²) >= 11 is 1.22. The van der Waals surface area contributed by atoms with Gasteiger partial charge in [0.25, 0.3) is 0 Å². The molecule has 0 saturated carbocycles. The first-order chi connectivity index (χ1) is 12.3. The third-order valence-electron chi connectivity index (χ3n) is 4.47. The van der Waals surface area contributed by atoms with E-state index in [2.05, 4.69) is 5.32 Å². The standard InChI is InChI=1S/C18H23FN2O4S/c1-11-9-21(8-7-15(11)18(24)25)17(23)12(2)26-10-16(22)20-14-5-3-13(19)4-6-14/h3-6,11-12,15H,7-10H2,1-2H3,(H,20,22)(H,24,25). The van der Waals surface area contributed by atoms with Gasteiger partial charge in [-0.3, -0.25) is 14.4 Å². The van der Waals surface area contributed by atoms with E-state index in [1.165, 1.54) is 36.0 Å². The largest absolute Gasteiger partial charge is 0.481 e. The van der Waals surface area contributed by atoms with Crippen LogP contribution in [0.2, 0.25) is 0 Å². The number of anilines is 1. The molecule has 2 N–H and O–H groups in total. The van der Waals surface area contributed by atoms with Crippen molar-refractivity contribution in [1.29, 1.82) is 0 Å². The summed E-state index contributed by atoms with van der Waals surface area (Å²) in [4.78, 5) is 37.3. The minimum absolute atomic E-state index is 0.0831. The zero-order valence-electron chi connectivity index (χ0n) is 14.8. The molecule has 1 fully saturated rings. The molecule has 2 amide bonds. The number of thioether (sulfide) groups is 1. The highest BCUT2D eigenvalue weighted by Crippen LogP contribution is 2.25. The van der Waals surface area contributed by atoms with Crippen LogP contribution in [0.4, 0.5) is 10.1 Å². The topological polar surface area (TPSA) is 86.7 Å². The van der Waals surface area contributed by atoms with Crippen LogP contribution < -0.4 is 5.32 Å². The molecule has 142 valence electrons. The summed E-state index contributed by atoms with van der Waals surface area (Å²) in [5, 5.41) is 11.4. The number of amides is 2. The maximum absolute atomic E-state index is 12.8. The maximum atomic E-state index is 12.8. The van der Waals surface area contributed by atoms with Crippen LogP contribution in [-0.4, -0.2) is 51.9 Å². The zero-order valence-corrected chi connectivity index (χ0v) is 15.6. The van der Waals surface area contributed by atoms with Gasteiger partial charge >= 0.3 is 5.97 Å². The van der Waals surface area contributed by atoms with Crippen molar-refractivity contribution < 1.29 is 23.9 Å². The van der Waals surface area contributed by atoms with Crippen molar-refractivity contribution in [1.82, 2.24) is 4.90 Å². The van der Waals surface area contributed by atoms with E-state index in [9.17, 15) is 18.8 Å². The van der Waals surface area contributed by atoms with Crippen molar-refractivity contribution in [3.05, 3.63) is 30.1 Å². The van der Waals surface area contributed by atoms with E-state index in [4.69, 9.17) is 5.11 Å². The number of halogens is 1. The highest BCUT2D eigenvalue weighted by molar-refractivity contribution is 8.01. The van der Waals surface area contributed by atoms with Crippen molar-refractivity contribution in [2.45, 2.75) is 25.5 Å². The van der Waals surface area contributed by atoms with Crippen LogP contribution in [-0.2, 0) is 14.4 Å². The Hall–Kier alpha value is -2.09. The summed E-state index contributed by atoms with van der Waals surface area (Å²) < 4.78 is 12.8. The Bertz CT molecular complexity index is 668. The number of piperidine rings is 1. The van der Waals surface area contributed by atoms with E-state index >= 15 is 0 Å². The Morgan fingerprint density at radius 2 is 2.00 bits per heavy atom. The van der Waals surface area contributed by atoms with E-state index in [1.807, 2.05) is 6.92 Å². The van der Waals surface area contributed by atoms with Gasteiger partial charge in [-0.05, 0) is 43.5 Å². The second kappa shape index (κ2) is 9.02. The molecule has 1 heterocycles. The molecule has 3 unspecified atom stereocenters. The highest BCUT2D eigenvalue weighted by Gasteiger charge is 2.34. The van der Waals surface area contributed by atoms with Gasteiger partial charge in [0.05, 0.1) is 16.9 Å². The quantitative estimate of drug-likeness (QED) is 0.789. The Morgan fingerprint density at radius 3 is 2.58 bits per heavy atom. The summed E-state index contributed by atoms with van der Waals surface area (Å²) in [7, 11) is 0. The number of likely N-dealkylation sites (tertiary alicyclic amines) is 1. The lowest BCUT2D eigenvalue weighted by Crippen LogP contribution is -2.47. The van der Waals surface area contributed by atoms with Crippen LogP contribution in [0.3, 0.4) is 0 Å². The van der Waals surface area contributed by atoms with E-state index in [-0.39, 0.29) is 29.3 Å². The number of carbonyl (C=O) groups is 3. The van der Waals surface area contributed by atoms with Gasteiger partial charge in [-0.25, -0.2) is 4.39 Å². The lowest BCUT2D eigenvalue weighted by Gasteiger charge is -2.36. The normalized spacial score (nSPS) is 21.1. The monoisotopic (exact) mass is 382 g/mol. The minimum Gasteiger partial charge on any atom is -0.481 e. The fraction of sp³-hybridized carbons (Fsp3) is 0.500. The molecule has 1 aliphatic heterocycles. The Kier molecular flexibility index (Phi) is 7.02. The summed E-state index contributed by atoms with van der Waals surface area (Å²) in [6, 6.07) is 5.47. The molecule has 0 spiro atoms. The second-order valence-corrected chi connectivity index (χ2v) is 7.83. The van der Waals surface area contributed by atoms with Crippen molar-refractivity contribution in [2.24, 2.45) is 11.8 Å². The van der Waals surface area contributed by atoms with Crippen molar-refractivity contribution in [2.75, 3.05) is 24.2 Å². The van der Waals surface area contributed by atoms with Crippen molar-refractivity contribution in [3.8, 4) is 0 Å². The molecular weight excluding hydrogens is 359 g/mol. The average molecular weight is 382 g/mol. The molecule has 1 saturated heterocycles. The van der Waals surface area contributed by atoms with Gasteiger partial charge in [-0.2, -0.15) is 0 Å². The van der Waals surface area contributed by atoms with Gasteiger partial charge < -0.3 is 15.3 Å². The fourth-order valence-electron chi connectivity index (χ4n) is 2.97. The first-order valence-electron chi connectivity index (χ1n) is 8.46. The summed E-state index contributed by atoms with van der Waals surface area (Å²) in [5.41, 5.74) is 0.501. The molecule has 0 aromatic heterocycles. The molecule has 6 nitrogen and oxygen atoms in total. The molecule has 3 atom stereocenters. The van der Waals surface area contributed by atoms with Gasteiger partial charge in [0.1, 0.15) is 5.82 Å². The molecule has 1 aliphatic rings. The zero-order chi connectivity index (χ0) is 19.3. The fourth-order valence-corrected chi connectivity index (χ4v) is 3.74. The first-order valence-corrected chi connectivity index (χ1v) is 9.51. The first kappa shape index (κ1) is 20.2. The van der Waals surface area contributed by atoms with Crippen LogP contribution >= 0.6 is 11.8 Å². The minimum atomic E-state index is -0.815. The molecule has 1 aromatic carbocycles. The summed E-state index contributed by atoms with van der Waals surface area (Å²) in [5.74, 6) is -1.94. The smallest absolute Gasteiger partial charge is 0.306 e. The van der Waals surface area contributed by atoms with Crippen molar-refractivity contribution in [3.63, 3.8) is 0 Å². The molecule has 1 aromatic rings. The number of carboxylic acids is 1. The van der Waals surface area contributed by atoms with E-state index in [1.54, 1.807) is 11.8 Å². The number of carbonyl (C=O) groups excluding carboxylic acids is 2. The third-order valence-corrected chi connectivity index (χ3v) is 5.60. The van der Waals surface area contributed by atoms with E-state index in [0.717, 1.165) is 0 Å². The highest BCUT2D eigenvalue weighted by atomic mass is 32.2. The average Bonchev–Trinajstić information content (AvgIpc) is 2.60. The Morgan fingerprint density at radius 1 is 1.35 bits per heavy atom. The van der Waals surface area contributed by atoms with Crippen LogP contribution in [0, 0.1) is 17.7 Å². The van der Waals surface area contributed by atoms with Gasteiger partial charge in [0.2, 0.25) is 11.8 Å². The molecule has 0 bridgehead atoms. The molecule has 2 rings (SSSR count). The Balaban J connectivity index is 1.79. The second-order valence-electron chi connectivity index (χ2n) is 6.50. The van der Waals surface area contributed by atoms with Crippen LogP contribution in [0.1, 0.15) is 20.3 Å². The van der Waals surface area contributed by atoms with Gasteiger partial charge in [-0.15, -0.1) is 11.8 Å². The van der Waals surface area contributed by atoms with Crippen molar-refractivity contribution >= 4 is 35.2 Å². The number of nitrogens with zero attached hydrogens (tertiary/aromatic N) is 1. The maximum Gasteiger partial charge on any atom is 0.306 e. The summed E-state index contributed by atoms with van der Waals surface area (Å²) in [6.45, 7) is 4.42. The summed E-state index contributed by atoms with van der Waals surface area (Å²) in [6.07, 6.45) is 0.449. The lowest BCUT2D eigenvalue weighted by atomic mass is 9.87. The lowest BCUT2D eigenvalue weighted by molar-refractivity contribution is -0.148. The number of benzene rings is 1. The number of aliphatic carboxylic acids is 1. The number of rotatable bonds is 6. The van der Waals surface area contributed by atoms with Crippen LogP contribution in [0.25, 0.3) is 0 Å². The number of nitrogens with one attached hydrogen (secondary N) is 1. The predicted octanol–water partition coefficient (Wildman–Crippen LogP) is 2.46. The van der Waals surface area contributed by atoms with E-state index < -0.39 is 17.1 Å². The van der Waals surface area contributed by atoms with Gasteiger partial charge in [0.15, 0.2) is 0 Å². The number of carboxylic acid groups (broad SMARTS) is 1. The molecule has 26 heavy (non-hydrogen) atoms. The Labute approximate surface area is 156 Å². The molecule has 8 heteroatoms. The SMILES string of the molecule is CC(SCC(=O)Nc1ccc(F)cc1)C(=O)N1CCC(C(=O)O)C(C)C1. The van der Waals surface area contributed by atoms with Gasteiger partial charge in [-0.1, -0.05) is 6.92 Å². The number of hydrogen-bond acceptors (Lipinski definition) is 4. The third kappa shape index (κ3) is 5.45. The molecule has 0 aliphatic carbocycles. The number of hydrogen-bond donors (Lipinski definition) is 2. The molecular formula is C18H23FN2O4S.